The van der Waals surface area contributed by atoms with Crippen molar-refractivity contribution < 1.29 is 0 Å². The number of nitrogens with one attached hydrogen (secondary N) is 2. The highest BCUT2D eigenvalue weighted by Gasteiger charge is 1.99. The number of aromatic nitrogens is 2. The third-order valence-corrected chi connectivity index (χ3v) is 2.22. The lowest BCUT2D eigenvalue weighted by Crippen LogP contribution is -2.21. The third kappa shape index (κ3) is 6.06. The van der Waals surface area contributed by atoms with Crippen LogP contribution in [0.4, 0.5) is 11.6 Å². The van der Waals surface area contributed by atoms with Gasteiger partial charge < -0.3 is 15.5 Å². The molecule has 2 N–H and O–H groups in total. The van der Waals surface area contributed by atoms with Gasteiger partial charge in [0.25, 0.3) is 0 Å². The lowest BCUT2D eigenvalue weighted by molar-refractivity contribution is 0.425. The van der Waals surface area contributed by atoms with Crippen molar-refractivity contribution >= 4 is 11.6 Å². The Kier molecular flexibility index (Phi) is 5.69. The van der Waals surface area contributed by atoms with Crippen LogP contribution in [0.1, 0.15) is 13.8 Å². The van der Waals surface area contributed by atoms with Crippen LogP contribution in [0.5, 0.6) is 0 Å². The van der Waals surface area contributed by atoms with Gasteiger partial charge in [0.05, 0.1) is 0 Å². The summed E-state index contributed by atoms with van der Waals surface area (Å²) >= 11 is 0. The van der Waals surface area contributed by atoms with Crippen molar-refractivity contribution in [1.82, 2.24) is 14.9 Å². The molecule has 0 aliphatic heterocycles. The summed E-state index contributed by atoms with van der Waals surface area (Å²) in [7, 11) is 4.11. The van der Waals surface area contributed by atoms with Crippen LogP contribution in [0.3, 0.4) is 0 Å². The fourth-order valence-corrected chi connectivity index (χ4v) is 1.27. The van der Waals surface area contributed by atoms with Gasteiger partial charge in [-0.2, -0.15) is 0 Å². The van der Waals surface area contributed by atoms with Gasteiger partial charge in [-0.25, -0.2) is 9.97 Å². The second-order valence-electron chi connectivity index (χ2n) is 4.79. The number of rotatable bonds is 7. The number of likely N-dealkylation sites (N-methyl/N-ethyl adjacent to an activating group) is 1. The van der Waals surface area contributed by atoms with Crippen LogP contribution in [0.15, 0.2) is 12.4 Å². The standard InChI is InChI=1S/C12H23N5/c1-10(2)8-14-12-7-11(15-9-16-12)13-5-6-17(3)4/h7,9-10H,5-6,8H2,1-4H3,(H2,13,14,15,16). The Bertz CT molecular complexity index is 324. The quantitative estimate of drug-likeness (QED) is 0.753. The van der Waals surface area contributed by atoms with Crippen molar-refractivity contribution in [3.05, 3.63) is 12.4 Å². The molecule has 0 fully saturated rings. The molecule has 0 amide bonds. The summed E-state index contributed by atoms with van der Waals surface area (Å²) < 4.78 is 0. The topological polar surface area (TPSA) is 53.1 Å². The van der Waals surface area contributed by atoms with Crippen LogP contribution in [0.2, 0.25) is 0 Å². The van der Waals surface area contributed by atoms with Crippen LogP contribution < -0.4 is 10.6 Å². The predicted octanol–water partition coefficient (Wildman–Crippen LogP) is 1.52. The predicted molar refractivity (Wildman–Crippen MR) is 72.4 cm³/mol. The van der Waals surface area contributed by atoms with Crippen LogP contribution in [-0.4, -0.2) is 48.6 Å². The molecule has 0 aliphatic carbocycles. The van der Waals surface area contributed by atoms with Gasteiger partial charge in [0.2, 0.25) is 0 Å². The molecule has 0 atom stereocenters. The van der Waals surface area contributed by atoms with Gasteiger partial charge in [-0.3, -0.25) is 0 Å². The van der Waals surface area contributed by atoms with Gasteiger partial charge >= 0.3 is 0 Å². The molecule has 5 heteroatoms. The monoisotopic (exact) mass is 237 g/mol. The Hall–Kier alpha value is -1.36. The van der Waals surface area contributed by atoms with E-state index in [2.05, 4.69) is 53.4 Å². The van der Waals surface area contributed by atoms with Gasteiger partial charge in [0.1, 0.15) is 18.0 Å². The lowest BCUT2D eigenvalue weighted by Gasteiger charge is -2.12. The lowest BCUT2D eigenvalue weighted by atomic mass is 10.2. The van der Waals surface area contributed by atoms with Crippen molar-refractivity contribution in [2.24, 2.45) is 5.92 Å². The number of hydrogen-bond acceptors (Lipinski definition) is 5. The molecular weight excluding hydrogens is 214 g/mol. The first-order valence-corrected chi connectivity index (χ1v) is 6.02. The summed E-state index contributed by atoms with van der Waals surface area (Å²) in [5, 5.41) is 6.55. The first-order chi connectivity index (χ1) is 8.08. The van der Waals surface area contributed by atoms with Gasteiger partial charge in [-0.05, 0) is 20.0 Å². The second-order valence-corrected chi connectivity index (χ2v) is 4.79. The van der Waals surface area contributed by atoms with E-state index < -0.39 is 0 Å². The Morgan fingerprint density at radius 1 is 1.18 bits per heavy atom. The average Bonchev–Trinajstić information content (AvgIpc) is 2.26. The van der Waals surface area contributed by atoms with Crippen molar-refractivity contribution in [2.45, 2.75) is 13.8 Å². The van der Waals surface area contributed by atoms with Gasteiger partial charge in [-0.15, -0.1) is 0 Å². The molecule has 0 spiro atoms. The Balaban J connectivity index is 2.42. The highest BCUT2D eigenvalue weighted by Crippen LogP contribution is 2.08. The molecule has 17 heavy (non-hydrogen) atoms. The second kappa shape index (κ2) is 7.06. The molecule has 0 aromatic carbocycles. The molecule has 1 aromatic rings. The van der Waals surface area contributed by atoms with E-state index in [0.717, 1.165) is 31.3 Å². The normalized spacial score (nSPS) is 10.9. The largest absolute Gasteiger partial charge is 0.370 e. The van der Waals surface area contributed by atoms with E-state index in [1.54, 1.807) is 6.33 Å². The number of anilines is 2. The third-order valence-electron chi connectivity index (χ3n) is 2.22. The summed E-state index contributed by atoms with van der Waals surface area (Å²) in [6.07, 6.45) is 1.58. The average molecular weight is 237 g/mol. The molecule has 1 rings (SSSR count). The van der Waals surface area contributed by atoms with E-state index in [1.165, 1.54) is 0 Å². The Labute approximate surface area is 104 Å². The van der Waals surface area contributed by atoms with Crippen LogP contribution in [0, 0.1) is 5.92 Å². The van der Waals surface area contributed by atoms with E-state index in [4.69, 9.17) is 0 Å². The SMILES string of the molecule is CC(C)CNc1cc(NCCN(C)C)ncn1. The molecule has 0 bridgehead atoms. The maximum absolute atomic E-state index is 4.18. The molecule has 0 radical (unpaired) electrons. The minimum absolute atomic E-state index is 0.607. The molecular formula is C12H23N5. The molecule has 0 aliphatic rings. The van der Waals surface area contributed by atoms with E-state index in [1.807, 2.05) is 6.07 Å². The van der Waals surface area contributed by atoms with Crippen molar-refractivity contribution in [3.63, 3.8) is 0 Å². The van der Waals surface area contributed by atoms with E-state index in [0.29, 0.717) is 5.92 Å². The maximum Gasteiger partial charge on any atom is 0.131 e. The fraction of sp³-hybridized carbons (Fsp3) is 0.667. The molecule has 1 heterocycles. The van der Waals surface area contributed by atoms with Gasteiger partial charge in [0.15, 0.2) is 0 Å². The number of hydrogen-bond donors (Lipinski definition) is 2. The summed E-state index contributed by atoms with van der Waals surface area (Å²) in [6.45, 7) is 7.13. The zero-order chi connectivity index (χ0) is 12.7. The number of nitrogens with zero attached hydrogens (tertiary/aromatic N) is 3. The van der Waals surface area contributed by atoms with Gasteiger partial charge in [-0.1, -0.05) is 13.8 Å². The molecule has 1 aromatic heterocycles. The molecule has 96 valence electrons. The highest BCUT2D eigenvalue weighted by atomic mass is 15.1. The Morgan fingerprint density at radius 3 is 2.41 bits per heavy atom. The van der Waals surface area contributed by atoms with Crippen molar-refractivity contribution in [2.75, 3.05) is 44.4 Å². The van der Waals surface area contributed by atoms with Crippen LogP contribution in [-0.2, 0) is 0 Å². The summed E-state index contributed by atoms with van der Waals surface area (Å²) in [5.41, 5.74) is 0. The maximum atomic E-state index is 4.18. The smallest absolute Gasteiger partial charge is 0.131 e. The Morgan fingerprint density at radius 2 is 1.82 bits per heavy atom. The van der Waals surface area contributed by atoms with E-state index in [-0.39, 0.29) is 0 Å². The van der Waals surface area contributed by atoms with Crippen LogP contribution in [0.25, 0.3) is 0 Å². The summed E-state index contributed by atoms with van der Waals surface area (Å²) in [6, 6.07) is 1.94. The molecule has 0 saturated carbocycles. The molecule has 5 nitrogen and oxygen atoms in total. The molecule has 0 unspecified atom stereocenters. The zero-order valence-electron chi connectivity index (χ0n) is 11.2. The van der Waals surface area contributed by atoms with Crippen molar-refractivity contribution in [1.29, 1.82) is 0 Å². The van der Waals surface area contributed by atoms with Gasteiger partial charge in [0, 0.05) is 25.7 Å². The highest BCUT2D eigenvalue weighted by molar-refractivity contribution is 5.46. The fourth-order valence-electron chi connectivity index (χ4n) is 1.27. The minimum atomic E-state index is 0.607. The van der Waals surface area contributed by atoms with E-state index in [9.17, 15) is 0 Å². The summed E-state index contributed by atoms with van der Waals surface area (Å²) in [4.78, 5) is 10.5. The van der Waals surface area contributed by atoms with E-state index >= 15 is 0 Å². The minimum Gasteiger partial charge on any atom is -0.370 e. The summed E-state index contributed by atoms with van der Waals surface area (Å²) in [5.74, 6) is 2.35. The first kappa shape index (κ1) is 13.7. The first-order valence-electron chi connectivity index (χ1n) is 6.02. The zero-order valence-corrected chi connectivity index (χ0v) is 11.2. The van der Waals surface area contributed by atoms with Crippen LogP contribution >= 0.6 is 0 Å². The molecule has 0 saturated heterocycles. The van der Waals surface area contributed by atoms with Crippen molar-refractivity contribution in [3.8, 4) is 0 Å².